The van der Waals surface area contributed by atoms with Gasteiger partial charge < -0.3 is 20.1 Å². The van der Waals surface area contributed by atoms with Crippen LogP contribution >= 0.6 is 0 Å². The molecule has 8 heteroatoms. The van der Waals surface area contributed by atoms with Gasteiger partial charge in [-0.15, -0.1) is 0 Å². The number of benzene rings is 2. The largest absolute Gasteiger partial charge is 0.508 e. The molecule has 8 nitrogen and oxygen atoms in total. The molecule has 0 heterocycles. The monoisotopic (exact) mass is 333 g/mol. The van der Waals surface area contributed by atoms with Crippen LogP contribution in [0.15, 0.2) is 36.4 Å². The molecule has 0 saturated heterocycles. The van der Waals surface area contributed by atoms with Crippen molar-refractivity contribution >= 4 is 11.7 Å². The lowest BCUT2D eigenvalue weighted by Crippen LogP contribution is -2.14. The molecule has 0 bridgehead atoms. The van der Waals surface area contributed by atoms with Gasteiger partial charge in [-0.05, 0) is 35.7 Å². The van der Waals surface area contributed by atoms with E-state index >= 15 is 0 Å². The van der Waals surface area contributed by atoms with Gasteiger partial charge >= 0.3 is 11.7 Å². The Labute approximate surface area is 136 Å². The summed E-state index contributed by atoms with van der Waals surface area (Å²) in [6.45, 7) is 0. The van der Waals surface area contributed by atoms with Crippen LogP contribution in [0.3, 0.4) is 0 Å². The topological polar surface area (TPSA) is 130 Å². The molecule has 0 amide bonds. The number of phenols is 2. The van der Waals surface area contributed by atoms with Gasteiger partial charge in [0.25, 0.3) is 0 Å². The Bertz CT molecular complexity index is 788. The van der Waals surface area contributed by atoms with E-state index in [1.165, 1.54) is 31.4 Å². The Morgan fingerprint density at radius 2 is 2.00 bits per heavy atom. The normalized spacial score (nSPS) is 11.7. The van der Waals surface area contributed by atoms with Gasteiger partial charge in [0.05, 0.1) is 18.0 Å². The fraction of sp³-hybridized carbons (Fsp3) is 0.188. The molecule has 0 spiro atoms. The second-order valence-corrected chi connectivity index (χ2v) is 5.11. The molecule has 2 aromatic rings. The Balaban J connectivity index is 2.45. The highest BCUT2D eigenvalue weighted by Crippen LogP contribution is 2.38. The molecule has 2 rings (SSSR count). The van der Waals surface area contributed by atoms with Crippen LogP contribution in [0.1, 0.15) is 17.0 Å². The molecule has 0 saturated carbocycles. The number of nitro groups is 1. The second-order valence-electron chi connectivity index (χ2n) is 5.11. The van der Waals surface area contributed by atoms with Crippen LogP contribution in [0.25, 0.3) is 0 Å². The van der Waals surface area contributed by atoms with Crippen molar-refractivity contribution in [3.8, 4) is 17.2 Å². The van der Waals surface area contributed by atoms with E-state index < -0.39 is 28.2 Å². The van der Waals surface area contributed by atoms with E-state index in [9.17, 15) is 30.2 Å². The predicted molar refractivity (Wildman–Crippen MR) is 83.5 cm³/mol. The first-order valence-electron chi connectivity index (χ1n) is 6.89. The first kappa shape index (κ1) is 17.1. The molecule has 0 radical (unpaired) electrons. The van der Waals surface area contributed by atoms with Gasteiger partial charge in [-0.25, -0.2) is 0 Å². The lowest BCUT2D eigenvalue weighted by Gasteiger charge is -2.14. The highest BCUT2D eigenvalue weighted by molar-refractivity contribution is 5.77. The van der Waals surface area contributed by atoms with E-state index in [1.807, 2.05) is 0 Å². The van der Waals surface area contributed by atoms with Gasteiger partial charge in [-0.2, -0.15) is 0 Å². The van der Waals surface area contributed by atoms with Crippen molar-refractivity contribution in [3.63, 3.8) is 0 Å². The van der Waals surface area contributed by atoms with Crippen molar-refractivity contribution < 1.29 is 29.8 Å². The number of methoxy groups -OCH3 is 1. The van der Waals surface area contributed by atoms with Crippen LogP contribution in [0.2, 0.25) is 0 Å². The van der Waals surface area contributed by atoms with Crippen molar-refractivity contribution in [2.45, 2.75) is 12.3 Å². The SMILES string of the molecule is COc1cc(CC(C(=O)O)c2cccc(O)c2)cc([N+](=O)[O-])c1O. The smallest absolute Gasteiger partial charge is 0.314 e. The minimum Gasteiger partial charge on any atom is -0.508 e. The van der Waals surface area contributed by atoms with Gasteiger partial charge in [0.1, 0.15) is 5.75 Å². The lowest BCUT2D eigenvalue weighted by atomic mass is 9.91. The molecule has 2 aromatic carbocycles. The van der Waals surface area contributed by atoms with Crippen LogP contribution in [-0.4, -0.2) is 33.3 Å². The van der Waals surface area contributed by atoms with E-state index in [4.69, 9.17) is 4.74 Å². The first-order valence-corrected chi connectivity index (χ1v) is 6.89. The number of phenolic OH excluding ortho intramolecular Hbond substituents is 2. The molecule has 1 atom stereocenters. The second kappa shape index (κ2) is 6.86. The fourth-order valence-electron chi connectivity index (χ4n) is 2.39. The molecule has 24 heavy (non-hydrogen) atoms. The molecule has 0 aromatic heterocycles. The molecule has 126 valence electrons. The summed E-state index contributed by atoms with van der Waals surface area (Å²) >= 11 is 0. The van der Waals surface area contributed by atoms with Crippen molar-refractivity contribution in [1.82, 2.24) is 0 Å². The maximum absolute atomic E-state index is 11.6. The van der Waals surface area contributed by atoms with E-state index in [1.54, 1.807) is 6.07 Å². The summed E-state index contributed by atoms with van der Waals surface area (Å²) in [6.07, 6.45) is -0.0731. The molecule has 0 aliphatic heterocycles. The minimum atomic E-state index is -1.14. The van der Waals surface area contributed by atoms with E-state index in [-0.39, 0.29) is 17.9 Å². The standard InChI is InChI=1S/C16H15NO7/c1-24-14-7-9(6-13(15(14)19)17(22)23)5-12(16(20)21)10-3-2-4-11(18)8-10/h2-4,6-8,12,18-19H,5H2,1H3,(H,20,21). The van der Waals surface area contributed by atoms with E-state index in [0.717, 1.165) is 6.07 Å². The predicted octanol–water partition coefficient (Wildman–Crippen LogP) is 2.43. The first-order chi connectivity index (χ1) is 11.3. The number of carboxylic acids is 1. The zero-order chi connectivity index (χ0) is 17.9. The lowest BCUT2D eigenvalue weighted by molar-refractivity contribution is -0.386. The Kier molecular flexibility index (Phi) is 4.88. The number of carbonyl (C=O) groups is 1. The van der Waals surface area contributed by atoms with Crippen molar-refractivity contribution in [2.75, 3.05) is 7.11 Å². The van der Waals surface area contributed by atoms with Crippen molar-refractivity contribution in [1.29, 1.82) is 0 Å². The van der Waals surface area contributed by atoms with Crippen LogP contribution in [0.4, 0.5) is 5.69 Å². The van der Waals surface area contributed by atoms with Crippen LogP contribution < -0.4 is 4.74 Å². The number of ether oxygens (including phenoxy) is 1. The Hall–Kier alpha value is -3.29. The zero-order valence-electron chi connectivity index (χ0n) is 12.7. The summed E-state index contributed by atoms with van der Waals surface area (Å²) in [5, 5.41) is 39.7. The number of aliphatic carboxylic acids is 1. The number of rotatable bonds is 6. The highest BCUT2D eigenvalue weighted by atomic mass is 16.6. The maximum atomic E-state index is 11.6. The maximum Gasteiger partial charge on any atom is 0.314 e. The van der Waals surface area contributed by atoms with E-state index in [0.29, 0.717) is 11.1 Å². The summed E-state index contributed by atoms with van der Waals surface area (Å²) in [4.78, 5) is 21.8. The zero-order valence-corrected chi connectivity index (χ0v) is 12.7. The molecule has 1 unspecified atom stereocenters. The summed E-state index contributed by atoms with van der Waals surface area (Å²) in [5.41, 5.74) is 0.105. The Morgan fingerprint density at radius 3 is 2.54 bits per heavy atom. The fourth-order valence-corrected chi connectivity index (χ4v) is 2.39. The minimum absolute atomic E-state index is 0.0731. The highest BCUT2D eigenvalue weighted by Gasteiger charge is 2.25. The third-order valence-corrected chi connectivity index (χ3v) is 3.54. The van der Waals surface area contributed by atoms with Crippen LogP contribution in [0, 0.1) is 10.1 Å². The van der Waals surface area contributed by atoms with Gasteiger partial charge in [0.15, 0.2) is 5.75 Å². The van der Waals surface area contributed by atoms with Crippen LogP contribution in [-0.2, 0) is 11.2 Å². The number of carboxylic acid groups (broad SMARTS) is 1. The number of aromatic hydroxyl groups is 2. The summed E-state index contributed by atoms with van der Waals surface area (Å²) in [5.74, 6) is -2.97. The molecule has 3 N–H and O–H groups in total. The molecule has 0 fully saturated rings. The van der Waals surface area contributed by atoms with Crippen LogP contribution in [0.5, 0.6) is 17.2 Å². The average Bonchev–Trinajstić information content (AvgIpc) is 2.53. The summed E-state index contributed by atoms with van der Waals surface area (Å²) in [6, 6.07) is 8.25. The Morgan fingerprint density at radius 1 is 1.29 bits per heavy atom. The third-order valence-electron chi connectivity index (χ3n) is 3.54. The van der Waals surface area contributed by atoms with Crippen molar-refractivity contribution in [2.24, 2.45) is 0 Å². The number of hydrogen-bond donors (Lipinski definition) is 3. The number of nitrogens with zero attached hydrogens (tertiary/aromatic N) is 1. The molecular formula is C16H15NO7. The third kappa shape index (κ3) is 3.54. The van der Waals surface area contributed by atoms with Crippen molar-refractivity contribution in [3.05, 3.63) is 57.6 Å². The summed E-state index contributed by atoms with van der Waals surface area (Å²) < 4.78 is 4.90. The summed E-state index contributed by atoms with van der Waals surface area (Å²) in [7, 11) is 1.24. The molecule has 0 aliphatic rings. The molecule has 0 aliphatic carbocycles. The van der Waals surface area contributed by atoms with Gasteiger partial charge in [0, 0.05) is 6.07 Å². The number of nitro benzene ring substituents is 1. The molecular weight excluding hydrogens is 318 g/mol. The average molecular weight is 333 g/mol. The van der Waals surface area contributed by atoms with Gasteiger partial charge in [-0.1, -0.05) is 12.1 Å². The quantitative estimate of drug-likeness (QED) is 0.546. The van der Waals surface area contributed by atoms with Gasteiger partial charge in [-0.3, -0.25) is 14.9 Å². The number of hydrogen-bond acceptors (Lipinski definition) is 6. The van der Waals surface area contributed by atoms with Gasteiger partial charge in [0.2, 0.25) is 5.75 Å². The van der Waals surface area contributed by atoms with E-state index in [2.05, 4.69) is 0 Å².